The second-order valence-corrected chi connectivity index (χ2v) is 3.15. The Labute approximate surface area is 69.3 Å². The van der Waals surface area contributed by atoms with E-state index in [1.54, 1.807) is 5.57 Å². The molecule has 0 unspecified atom stereocenters. The molecule has 0 aromatic heterocycles. The van der Waals surface area contributed by atoms with Crippen LogP contribution in [-0.2, 0) is 0 Å². The fourth-order valence-electron chi connectivity index (χ4n) is 0.927. The predicted molar refractivity (Wildman–Crippen MR) is 50.5 cm³/mol. The van der Waals surface area contributed by atoms with Gasteiger partial charge in [0.25, 0.3) is 0 Å². The average molecular weight is 148 g/mol. The van der Waals surface area contributed by atoms with E-state index in [1.165, 1.54) is 24.0 Å². The number of allylic oxidation sites excluding steroid dienone is 6. The van der Waals surface area contributed by atoms with Crippen LogP contribution in [0.25, 0.3) is 0 Å². The van der Waals surface area contributed by atoms with Gasteiger partial charge < -0.3 is 0 Å². The van der Waals surface area contributed by atoms with E-state index in [4.69, 9.17) is 0 Å². The normalized spacial score (nSPS) is 17.7. The van der Waals surface area contributed by atoms with E-state index in [0.717, 1.165) is 0 Å². The summed E-state index contributed by atoms with van der Waals surface area (Å²) in [5.41, 5.74) is 4.43. The largest absolute Gasteiger partial charge is 0.0847 e. The van der Waals surface area contributed by atoms with Crippen LogP contribution in [0.4, 0.5) is 0 Å². The minimum absolute atomic E-state index is 1.32. The number of hydrogen-bond donors (Lipinski definition) is 0. The molecule has 0 saturated heterocycles. The van der Waals surface area contributed by atoms with Crippen LogP contribution in [0, 0.1) is 0 Å². The van der Waals surface area contributed by atoms with Crippen molar-refractivity contribution in [3.63, 3.8) is 0 Å². The lowest BCUT2D eigenvalue weighted by Crippen LogP contribution is -1.69. The Hall–Kier alpha value is -0.780. The molecule has 0 aliphatic heterocycles. The van der Waals surface area contributed by atoms with Crippen molar-refractivity contribution < 1.29 is 0 Å². The Morgan fingerprint density at radius 1 is 1.18 bits per heavy atom. The zero-order chi connectivity index (χ0) is 8.27. The average Bonchev–Trinajstić information content (AvgIpc) is 2.81. The predicted octanol–water partition coefficient (Wildman–Crippen LogP) is 3.62. The van der Waals surface area contributed by atoms with Crippen molar-refractivity contribution >= 4 is 0 Å². The van der Waals surface area contributed by atoms with Crippen molar-refractivity contribution in [2.45, 2.75) is 33.6 Å². The van der Waals surface area contributed by atoms with Crippen molar-refractivity contribution in [3.05, 3.63) is 34.9 Å². The Morgan fingerprint density at radius 2 is 1.82 bits per heavy atom. The molecule has 1 saturated carbocycles. The van der Waals surface area contributed by atoms with E-state index in [-0.39, 0.29) is 0 Å². The molecule has 0 heterocycles. The first kappa shape index (κ1) is 8.32. The second-order valence-electron chi connectivity index (χ2n) is 3.15. The third kappa shape index (κ3) is 2.75. The second kappa shape index (κ2) is 3.56. The fourth-order valence-corrected chi connectivity index (χ4v) is 0.927. The first-order chi connectivity index (χ1) is 5.24. The molecule has 0 heteroatoms. The van der Waals surface area contributed by atoms with Crippen LogP contribution < -0.4 is 0 Å². The van der Waals surface area contributed by atoms with Crippen LogP contribution in [-0.4, -0.2) is 0 Å². The first-order valence-corrected chi connectivity index (χ1v) is 4.23. The molecule has 0 spiro atoms. The van der Waals surface area contributed by atoms with Gasteiger partial charge in [-0.3, -0.25) is 0 Å². The summed E-state index contributed by atoms with van der Waals surface area (Å²) in [7, 11) is 0. The Bertz CT molecular complexity index is 220. The molecule has 0 amide bonds. The first-order valence-electron chi connectivity index (χ1n) is 4.23. The van der Waals surface area contributed by atoms with Crippen LogP contribution in [0.15, 0.2) is 34.9 Å². The van der Waals surface area contributed by atoms with Gasteiger partial charge in [-0.25, -0.2) is 0 Å². The van der Waals surface area contributed by atoms with Crippen LogP contribution in [0.1, 0.15) is 33.6 Å². The summed E-state index contributed by atoms with van der Waals surface area (Å²) in [6, 6.07) is 0. The van der Waals surface area contributed by atoms with Crippen molar-refractivity contribution in [1.82, 2.24) is 0 Å². The van der Waals surface area contributed by atoms with Gasteiger partial charge in [0.05, 0.1) is 0 Å². The standard InChI is InChI=1S/C11H16/c1-4-9(2)5-6-10(3)11-7-8-11/h4-6H,7-8H2,1-3H3. The maximum Gasteiger partial charge on any atom is -0.0277 e. The zero-order valence-electron chi connectivity index (χ0n) is 7.65. The van der Waals surface area contributed by atoms with Crippen molar-refractivity contribution in [2.24, 2.45) is 0 Å². The number of rotatable bonds is 2. The molecule has 1 fully saturated rings. The lowest BCUT2D eigenvalue weighted by molar-refractivity contribution is 1.43. The maximum atomic E-state index is 2.22. The van der Waals surface area contributed by atoms with E-state index < -0.39 is 0 Å². The highest BCUT2D eigenvalue weighted by Gasteiger charge is 2.12. The molecular weight excluding hydrogens is 132 g/mol. The summed E-state index contributed by atoms with van der Waals surface area (Å²) in [6.07, 6.45) is 9.18. The Balaban J connectivity index is 2.53. The summed E-state index contributed by atoms with van der Waals surface area (Å²) in [6.45, 7) is 6.39. The molecule has 11 heavy (non-hydrogen) atoms. The highest BCUT2D eigenvalue weighted by molar-refractivity contribution is 5.34. The molecule has 0 atom stereocenters. The lowest BCUT2D eigenvalue weighted by atomic mass is 10.2. The molecule has 1 aliphatic rings. The van der Waals surface area contributed by atoms with Gasteiger partial charge in [-0.15, -0.1) is 0 Å². The molecule has 1 rings (SSSR count). The SMILES string of the molecule is CC=C(C)C=CC(C)=C1CC1. The van der Waals surface area contributed by atoms with Crippen LogP contribution in [0.2, 0.25) is 0 Å². The smallest absolute Gasteiger partial charge is 0.0277 e. The van der Waals surface area contributed by atoms with Gasteiger partial charge in [0.2, 0.25) is 0 Å². The van der Waals surface area contributed by atoms with Crippen molar-refractivity contribution in [2.75, 3.05) is 0 Å². The molecule has 0 radical (unpaired) electrons. The van der Waals surface area contributed by atoms with E-state index in [1.807, 2.05) is 0 Å². The van der Waals surface area contributed by atoms with Crippen LogP contribution in [0.3, 0.4) is 0 Å². The van der Waals surface area contributed by atoms with Crippen LogP contribution in [0.5, 0.6) is 0 Å². The van der Waals surface area contributed by atoms with Crippen molar-refractivity contribution in [1.29, 1.82) is 0 Å². The highest BCUT2D eigenvalue weighted by atomic mass is 14.2. The van der Waals surface area contributed by atoms with Gasteiger partial charge in [-0.2, -0.15) is 0 Å². The fraction of sp³-hybridized carbons (Fsp3) is 0.455. The Kier molecular flexibility index (Phi) is 2.70. The zero-order valence-corrected chi connectivity index (χ0v) is 7.65. The van der Waals surface area contributed by atoms with Gasteiger partial charge in [-0.05, 0) is 33.6 Å². The molecular formula is C11H16. The van der Waals surface area contributed by atoms with E-state index in [9.17, 15) is 0 Å². The maximum absolute atomic E-state index is 2.22. The molecule has 0 aromatic carbocycles. The van der Waals surface area contributed by atoms with Crippen LogP contribution >= 0.6 is 0 Å². The third-order valence-corrected chi connectivity index (χ3v) is 2.11. The van der Waals surface area contributed by atoms with Gasteiger partial charge in [0.15, 0.2) is 0 Å². The lowest BCUT2D eigenvalue weighted by Gasteiger charge is -1.90. The summed E-state index contributed by atoms with van der Waals surface area (Å²) < 4.78 is 0. The molecule has 1 aliphatic carbocycles. The summed E-state index contributed by atoms with van der Waals surface area (Å²) in [5, 5.41) is 0. The van der Waals surface area contributed by atoms with E-state index in [2.05, 4.69) is 39.0 Å². The molecule has 0 N–H and O–H groups in total. The van der Waals surface area contributed by atoms with Gasteiger partial charge in [0, 0.05) is 0 Å². The van der Waals surface area contributed by atoms with Gasteiger partial charge in [-0.1, -0.05) is 34.9 Å². The summed E-state index contributed by atoms with van der Waals surface area (Å²) in [4.78, 5) is 0. The van der Waals surface area contributed by atoms with Crippen molar-refractivity contribution in [3.8, 4) is 0 Å². The summed E-state index contributed by atoms with van der Waals surface area (Å²) in [5.74, 6) is 0. The molecule has 60 valence electrons. The van der Waals surface area contributed by atoms with E-state index >= 15 is 0 Å². The molecule has 0 nitrogen and oxygen atoms in total. The Morgan fingerprint density at radius 3 is 2.27 bits per heavy atom. The minimum Gasteiger partial charge on any atom is -0.0847 e. The monoisotopic (exact) mass is 148 g/mol. The number of hydrogen-bond acceptors (Lipinski definition) is 0. The highest BCUT2D eigenvalue weighted by Crippen LogP contribution is 2.31. The van der Waals surface area contributed by atoms with Gasteiger partial charge >= 0.3 is 0 Å². The van der Waals surface area contributed by atoms with E-state index in [0.29, 0.717) is 0 Å². The summed E-state index contributed by atoms with van der Waals surface area (Å²) >= 11 is 0. The quantitative estimate of drug-likeness (QED) is 0.525. The topological polar surface area (TPSA) is 0 Å². The third-order valence-electron chi connectivity index (χ3n) is 2.11. The molecule has 0 aromatic rings. The molecule has 0 bridgehead atoms. The minimum atomic E-state index is 1.32. The van der Waals surface area contributed by atoms with Gasteiger partial charge in [0.1, 0.15) is 0 Å².